The zero-order valence-corrected chi connectivity index (χ0v) is 14.2. The molecule has 5 heteroatoms. The van der Waals surface area contributed by atoms with E-state index in [0.717, 1.165) is 25.2 Å². The van der Waals surface area contributed by atoms with Crippen LogP contribution in [0.25, 0.3) is 0 Å². The minimum atomic E-state index is -0.770. The predicted molar refractivity (Wildman–Crippen MR) is 89.8 cm³/mol. The molecule has 130 valence electrons. The quantitative estimate of drug-likeness (QED) is 0.901. The second kappa shape index (κ2) is 7.24. The fourth-order valence-corrected chi connectivity index (χ4v) is 3.72. The van der Waals surface area contributed by atoms with Crippen molar-refractivity contribution in [1.82, 2.24) is 4.90 Å². The average molecular weight is 331 g/mol. The summed E-state index contributed by atoms with van der Waals surface area (Å²) in [6.07, 6.45) is 3.62. The Hall–Kier alpha value is -2.04. The number of fused-ring (bicyclic) bond motifs is 1. The number of hydrogen-bond acceptors (Lipinski definition) is 3. The maximum atomic E-state index is 12.7. The van der Waals surface area contributed by atoms with Gasteiger partial charge in [-0.05, 0) is 55.4 Å². The molecule has 2 aliphatic rings. The molecule has 5 nitrogen and oxygen atoms in total. The molecular formula is C19H25NO4. The lowest BCUT2D eigenvalue weighted by molar-refractivity contribution is -0.141. The van der Waals surface area contributed by atoms with Gasteiger partial charge in [-0.2, -0.15) is 0 Å². The fraction of sp³-hybridized carbons (Fsp3) is 0.579. The van der Waals surface area contributed by atoms with Crippen molar-refractivity contribution < 1.29 is 19.4 Å². The van der Waals surface area contributed by atoms with E-state index < -0.39 is 5.97 Å². The van der Waals surface area contributed by atoms with Gasteiger partial charge in [0.05, 0.1) is 12.5 Å². The Balaban J connectivity index is 1.62. The SMILES string of the molecule is CCCOc1ccc2c(c1)CCN(C(=O)[C@@H]1CC[C@H](C(=O)O)C1)C2. The third-order valence-electron chi connectivity index (χ3n) is 5.11. The first-order chi connectivity index (χ1) is 11.6. The highest BCUT2D eigenvalue weighted by molar-refractivity contribution is 5.81. The monoisotopic (exact) mass is 331 g/mol. The normalized spacial score (nSPS) is 23.0. The Morgan fingerprint density at radius 1 is 1.25 bits per heavy atom. The number of ether oxygens (including phenoxy) is 1. The van der Waals surface area contributed by atoms with Crippen LogP contribution in [-0.2, 0) is 22.6 Å². The first-order valence-corrected chi connectivity index (χ1v) is 8.84. The van der Waals surface area contributed by atoms with E-state index in [0.29, 0.717) is 32.4 Å². The Bertz CT molecular complexity index is 628. The topological polar surface area (TPSA) is 66.8 Å². The number of carbonyl (C=O) groups is 2. The number of rotatable bonds is 5. The fourth-order valence-electron chi connectivity index (χ4n) is 3.72. The molecule has 1 saturated carbocycles. The maximum absolute atomic E-state index is 12.7. The molecule has 1 amide bonds. The summed E-state index contributed by atoms with van der Waals surface area (Å²) in [6, 6.07) is 6.11. The van der Waals surface area contributed by atoms with Gasteiger partial charge in [0.15, 0.2) is 0 Å². The Kier molecular flexibility index (Phi) is 5.07. The summed E-state index contributed by atoms with van der Waals surface area (Å²) in [5, 5.41) is 9.10. The number of hydrogen-bond donors (Lipinski definition) is 1. The van der Waals surface area contributed by atoms with Gasteiger partial charge in [-0.3, -0.25) is 9.59 Å². The van der Waals surface area contributed by atoms with Gasteiger partial charge in [0.25, 0.3) is 0 Å². The Labute approximate surface area is 142 Å². The van der Waals surface area contributed by atoms with E-state index >= 15 is 0 Å². The zero-order valence-electron chi connectivity index (χ0n) is 14.2. The van der Waals surface area contributed by atoms with Crippen molar-refractivity contribution in [1.29, 1.82) is 0 Å². The lowest BCUT2D eigenvalue weighted by atomic mass is 9.97. The molecule has 0 bridgehead atoms. The molecule has 0 spiro atoms. The van der Waals surface area contributed by atoms with Crippen LogP contribution in [0.15, 0.2) is 18.2 Å². The summed E-state index contributed by atoms with van der Waals surface area (Å²) in [4.78, 5) is 25.7. The molecular weight excluding hydrogens is 306 g/mol. The molecule has 2 atom stereocenters. The molecule has 1 aliphatic carbocycles. The smallest absolute Gasteiger partial charge is 0.306 e. The summed E-state index contributed by atoms with van der Waals surface area (Å²) in [5.74, 6) is -0.228. The molecule has 1 N–H and O–H groups in total. The molecule has 0 saturated heterocycles. The summed E-state index contributed by atoms with van der Waals surface area (Å²) in [5.41, 5.74) is 2.42. The van der Waals surface area contributed by atoms with Crippen molar-refractivity contribution >= 4 is 11.9 Å². The first kappa shape index (κ1) is 16.8. The Morgan fingerprint density at radius 2 is 2.04 bits per heavy atom. The third-order valence-corrected chi connectivity index (χ3v) is 5.11. The highest BCUT2D eigenvalue weighted by atomic mass is 16.5. The van der Waals surface area contributed by atoms with Gasteiger partial charge in [-0.25, -0.2) is 0 Å². The predicted octanol–water partition coefficient (Wildman–Crippen LogP) is 2.86. The summed E-state index contributed by atoms with van der Waals surface area (Å²) in [7, 11) is 0. The number of carboxylic acids is 1. The highest BCUT2D eigenvalue weighted by Gasteiger charge is 2.36. The molecule has 1 aliphatic heterocycles. The lowest BCUT2D eigenvalue weighted by Gasteiger charge is -2.31. The second-order valence-corrected chi connectivity index (χ2v) is 6.83. The van der Waals surface area contributed by atoms with E-state index in [1.807, 2.05) is 11.0 Å². The first-order valence-electron chi connectivity index (χ1n) is 8.84. The van der Waals surface area contributed by atoms with Gasteiger partial charge < -0.3 is 14.7 Å². The van der Waals surface area contributed by atoms with Crippen LogP contribution in [-0.4, -0.2) is 35.0 Å². The van der Waals surface area contributed by atoms with Crippen LogP contribution in [0.3, 0.4) is 0 Å². The van der Waals surface area contributed by atoms with Crippen LogP contribution in [0, 0.1) is 11.8 Å². The molecule has 3 rings (SSSR count). The molecule has 1 aromatic rings. The molecule has 0 unspecified atom stereocenters. The van der Waals surface area contributed by atoms with Crippen molar-refractivity contribution in [2.75, 3.05) is 13.2 Å². The number of aliphatic carboxylic acids is 1. The largest absolute Gasteiger partial charge is 0.494 e. The van der Waals surface area contributed by atoms with Crippen LogP contribution in [0.1, 0.15) is 43.7 Å². The third kappa shape index (κ3) is 3.55. The van der Waals surface area contributed by atoms with E-state index in [-0.39, 0.29) is 17.7 Å². The van der Waals surface area contributed by atoms with Gasteiger partial charge >= 0.3 is 5.97 Å². The van der Waals surface area contributed by atoms with Gasteiger partial charge in [0, 0.05) is 19.0 Å². The van der Waals surface area contributed by atoms with Crippen molar-refractivity contribution in [2.45, 2.75) is 45.6 Å². The number of nitrogens with zero attached hydrogens (tertiary/aromatic N) is 1. The molecule has 0 aromatic heterocycles. The van der Waals surface area contributed by atoms with Crippen LogP contribution in [0.2, 0.25) is 0 Å². The van der Waals surface area contributed by atoms with Crippen LogP contribution in [0.5, 0.6) is 5.75 Å². The second-order valence-electron chi connectivity index (χ2n) is 6.83. The van der Waals surface area contributed by atoms with Gasteiger partial charge in [0.2, 0.25) is 5.91 Å². The van der Waals surface area contributed by atoms with Gasteiger partial charge in [0.1, 0.15) is 5.75 Å². The Morgan fingerprint density at radius 3 is 2.75 bits per heavy atom. The molecule has 1 fully saturated rings. The van der Waals surface area contributed by atoms with E-state index in [2.05, 4.69) is 19.1 Å². The molecule has 24 heavy (non-hydrogen) atoms. The minimum absolute atomic E-state index is 0.121. The highest BCUT2D eigenvalue weighted by Crippen LogP contribution is 2.34. The molecule has 0 radical (unpaired) electrons. The molecule has 1 aromatic carbocycles. The number of benzene rings is 1. The van der Waals surface area contributed by atoms with Crippen molar-refractivity contribution in [3.63, 3.8) is 0 Å². The zero-order chi connectivity index (χ0) is 17.1. The van der Waals surface area contributed by atoms with Gasteiger partial charge in [-0.15, -0.1) is 0 Å². The summed E-state index contributed by atoms with van der Waals surface area (Å²) >= 11 is 0. The van der Waals surface area contributed by atoms with Crippen molar-refractivity contribution in [3.8, 4) is 5.75 Å². The van der Waals surface area contributed by atoms with Crippen molar-refractivity contribution in [2.24, 2.45) is 11.8 Å². The van der Waals surface area contributed by atoms with Gasteiger partial charge in [-0.1, -0.05) is 13.0 Å². The standard InChI is InChI=1S/C19H25NO4/c1-2-9-24-17-6-5-16-12-20(8-7-13(16)11-17)18(21)14-3-4-15(10-14)19(22)23/h5-6,11,14-15H,2-4,7-10,12H2,1H3,(H,22,23)/t14-,15+/m1/s1. The summed E-state index contributed by atoms with van der Waals surface area (Å²) in [6.45, 7) is 4.13. The maximum Gasteiger partial charge on any atom is 0.306 e. The van der Waals surface area contributed by atoms with Crippen LogP contribution >= 0.6 is 0 Å². The minimum Gasteiger partial charge on any atom is -0.494 e. The lowest BCUT2D eigenvalue weighted by Crippen LogP contribution is -2.39. The van der Waals surface area contributed by atoms with E-state index in [1.165, 1.54) is 11.1 Å². The molecule has 1 heterocycles. The van der Waals surface area contributed by atoms with Crippen LogP contribution in [0.4, 0.5) is 0 Å². The van der Waals surface area contributed by atoms with Crippen molar-refractivity contribution in [3.05, 3.63) is 29.3 Å². The van der Waals surface area contributed by atoms with Crippen LogP contribution < -0.4 is 4.74 Å². The number of carboxylic acid groups (broad SMARTS) is 1. The van der Waals surface area contributed by atoms with E-state index in [1.54, 1.807) is 0 Å². The van der Waals surface area contributed by atoms with E-state index in [9.17, 15) is 9.59 Å². The summed E-state index contributed by atoms with van der Waals surface area (Å²) < 4.78 is 5.67. The number of amides is 1. The average Bonchev–Trinajstić information content (AvgIpc) is 3.09. The van der Waals surface area contributed by atoms with E-state index in [4.69, 9.17) is 9.84 Å². The number of carbonyl (C=O) groups excluding carboxylic acids is 1.